The maximum atomic E-state index is 11.4. The summed E-state index contributed by atoms with van der Waals surface area (Å²) in [5.74, 6) is -1.42. The number of aromatic nitrogens is 1. The van der Waals surface area contributed by atoms with Crippen LogP contribution in [0.4, 0.5) is 0 Å². The molecule has 2 heterocycles. The number of ketones is 1. The molecule has 0 unspecified atom stereocenters. The molecule has 0 atom stereocenters. The molecular formula is C11H8ClNO3. The molecule has 0 amide bonds. The number of pyridine rings is 1. The van der Waals surface area contributed by atoms with E-state index in [-0.39, 0.29) is 16.9 Å². The summed E-state index contributed by atoms with van der Waals surface area (Å²) in [6.07, 6.45) is 1.36. The Hall–Kier alpha value is -1.81. The SMILES string of the molecule is CC(=O)c1c(C(=O)O)cn2c(Cl)cccc12. The second-order valence-electron chi connectivity index (χ2n) is 3.38. The largest absolute Gasteiger partial charge is 0.478 e. The van der Waals surface area contributed by atoms with E-state index < -0.39 is 5.97 Å². The van der Waals surface area contributed by atoms with E-state index in [0.717, 1.165) is 0 Å². The molecular weight excluding hydrogens is 230 g/mol. The lowest BCUT2D eigenvalue weighted by molar-refractivity contribution is 0.0693. The number of carbonyl (C=O) groups is 2. The maximum Gasteiger partial charge on any atom is 0.338 e. The Morgan fingerprint density at radius 1 is 1.38 bits per heavy atom. The molecule has 2 rings (SSSR count). The van der Waals surface area contributed by atoms with Gasteiger partial charge in [0, 0.05) is 6.20 Å². The van der Waals surface area contributed by atoms with E-state index >= 15 is 0 Å². The summed E-state index contributed by atoms with van der Waals surface area (Å²) in [7, 11) is 0. The third-order valence-corrected chi connectivity index (χ3v) is 2.65. The summed E-state index contributed by atoms with van der Waals surface area (Å²) < 4.78 is 1.49. The van der Waals surface area contributed by atoms with Crippen LogP contribution in [0.15, 0.2) is 24.4 Å². The number of fused-ring (bicyclic) bond motifs is 1. The van der Waals surface area contributed by atoms with Gasteiger partial charge in [-0.2, -0.15) is 0 Å². The molecule has 0 aliphatic carbocycles. The second-order valence-corrected chi connectivity index (χ2v) is 3.77. The summed E-state index contributed by atoms with van der Waals surface area (Å²) in [6, 6.07) is 4.97. The van der Waals surface area contributed by atoms with Crippen LogP contribution in [0.5, 0.6) is 0 Å². The smallest absolute Gasteiger partial charge is 0.338 e. The van der Waals surface area contributed by atoms with Crippen molar-refractivity contribution < 1.29 is 14.7 Å². The van der Waals surface area contributed by atoms with Crippen molar-refractivity contribution in [3.8, 4) is 0 Å². The number of aromatic carboxylic acids is 1. The standard InChI is InChI=1S/C11H8ClNO3/c1-6(14)10-7(11(15)16)5-13-8(10)3-2-4-9(13)12/h2-5H,1H3,(H,15,16). The zero-order valence-corrected chi connectivity index (χ0v) is 9.15. The van der Waals surface area contributed by atoms with Crippen molar-refractivity contribution >= 4 is 28.9 Å². The molecule has 0 aliphatic heterocycles. The van der Waals surface area contributed by atoms with Crippen molar-refractivity contribution in [2.24, 2.45) is 0 Å². The van der Waals surface area contributed by atoms with Gasteiger partial charge < -0.3 is 9.51 Å². The number of rotatable bonds is 2. The fourth-order valence-electron chi connectivity index (χ4n) is 1.69. The fourth-order valence-corrected chi connectivity index (χ4v) is 1.91. The molecule has 2 aromatic rings. The van der Waals surface area contributed by atoms with E-state index in [2.05, 4.69) is 0 Å². The van der Waals surface area contributed by atoms with Crippen molar-refractivity contribution in [2.45, 2.75) is 6.92 Å². The summed E-state index contributed by atoms with van der Waals surface area (Å²) in [6.45, 7) is 1.34. The predicted octanol–water partition coefficient (Wildman–Crippen LogP) is 2.49. The van der Waals surface area contributed by atoms with Gasteiger partial charge in [-0.05, 0) is 19.1 Å². The summed E-state index contributed by atoms with van der Waals surface area (Å²) in [4.78, 5) is 22.4. The van der Waals surface area contributed by atoms with Gasteiger partial charge in [-0.25, -0.2) is 4.79 Å². The van der Waals surface area contributed by atoms with Crippen LogP contribution in [0.25, 0.3) is 5.52 Å². The molecule has 4 nitrogen and oxygen atoms in total. The number of nitrogens with zero attached hydrogens (tertiary/aromatic N) is 1. The monoisotopic (exact) mass is 237 g/mol. The number of carboxylic acids is 1. The van der Waals surface area contributed by atoms with E-state index in [4.69, 9.17) is 16.7 Å². The number of hydrogen-bond acceptors (Lipinski definition) is 2. The van der Waals surface area contributed by atoms with Crippen LogP contribution in [-0.2, 0) is 0 Å². The van der Waals surface area contributed by atoms with Crippen LogP contribution < -0.4 is 0 Å². The Bertz CT molecular complexity index is 601. The number of halogens is 1. The van der Waals surface area contributed by atoms with Gasteiger partial charge in [-0.3, -0.25) is 4.79 Å². The lowest BCUT2D eigenvalue weighted by atomic mass is 10.1. The van der Waals surface area contributed by atoms with Crippen LogP contribution in [-0.4, -0.2) is 21.3 Å². The quantitative estimate of drug-likeness (QED) is 0.645. The Morgan fingerprint density at radius 3 is 2.62 bits per heavy atom. The molecule has 0 fully saturated rings. The van der Waals surface area contributed by atoms with Crippen molar-refractivity contribution in [1.29, 1.82) is 0 Å². The van der Waals surface area contributed by atoms with Gasteiger partial charge in [0.15, 0.2) is 5.78 Å². The molecule has 16 heavy (non-hydrogen) atoms. The zero-order valence-electron chi connectivity index (χ0n) is 8.40. The van der Waals surface area contributed by atoms with Gasteiger partial charge in [0.25, 0.3) is 0 Å². The second kappa shape index (κ2) is 3.64. The van der Waals surface area contributed by atoms with E-state index in [1.807, 2.05) is 0 Å². The van der Waals surface area contributed by atoms with Crippen molar-refractivity contribution in [2.75, 3.05) is 0 Å². The topological polar surface area (TPSA) is 58.8 Å². The van der Waals surface area contributed by atoms with Gasteiger partial charge >= 0.3 is 5.97 Å². The highest BCUT2D eigenvalue weighted by Gasteiger charge is 2.20. The highest BCUT2D eigenvalue weighted by atomic mass is 35.5. The molecule has 1 N–H and O–H groups in total. The van der Waals surface area contributed by atoms with Gasteiger partial charge in [0.2, 0.25) is 0 Å². The van der Waals surface area contributed by atoms with E-state index in [1.54, 1.807) is 18.2 Å². The van der Waals surface area contributed by atoms with Crippen molar-refractivity contribution in [1.82, 2.24) is 4.40 Å². The summed E-state index contributed by atoms with van der Waals surface area (Å²) in [5, 5.41) is 9.37. The number of hydrogen-bond donors (Lipinski definition) is 1. The van der Waals surface area contributed by atoms with Crippen LogP contribution in [0.2, 0.25) is 5.15 Å². The number of carboxylic acid groups (broad SMARTS) is 1. The lowest BCUT2D eigenvalue weighted by Crippen LogP contribution is -2.02. The predicted molar refractivity (Wildman–Crippen MR) is 59.4 cm³/mol. The Morgan fingerprint density at radius 2 is 2.06 bits per heavy atom. The molecule has 0 aromatic carbocycles. The Kier molecular flexibility index (Phi) is 2.44. The van der Waals surface area contributed by atoms with E-state index in [1.165, 1.54) is 17.5 Å². The highest BCUT2D eigenvalue weighted by Crippen LogP contribution is 2.23. The first-order chi connectivity index (χ1) is 7.52. The first-order valence-corrected chi connectivity index (χ1v) is 4.94. The molecule has 0 saturated heterocycles. The van der Waals surface area contributed by atoms with Crippen LogP contribution in [0, 0.1) is 0 Å². The van der Waals surface area contributed by atoms with Crippen LogP contribution in [0.3, 0.4) is 0 Å². The number of carbonyl (C=O) groups excluding carboxylic acids is 1. The summed E-state index contributed by atoms with van der Waals surface area (Å²) >= 11 is 5.91. The number of Topliss-reactive ketones (excluding diaryl/α,β-unsaturated/α-hetero) is 1. The minimum Gasteiger partial charge on any atom is -0.478 e. The fraction of sp³-hybridized carbons (Fsp3) is 0.0909. The molecule has 82 valence electrons. The van der Waals surface area contributed by atoms with Gasteiger partial charge in [0.05, 0.1) is 16.6 Å². The van der Waals surface area contributed by atoms with Gasteiger partial charge in [0.1, 0.15) is 5.15 Å². The molecule has 0 saturated carbocycles. The molecule has 0 radical (unpaired) electrons. The normalized spacial score (nSPS) is 10.6. The zero-order chi connectivity index (χ0) is 11.9. The first kappa shape index (κ1) is 10.7. The van der Waals surface area contributed by atoms with Crippen molar-refractivity contribution in [3.05, 3.63) is 40.7 Å². The minimum atomic E-state index is -1.13. The first-order valence-electron chi connectivity index (χ1n) is 4.56. The van der Waals surface area contributed by atoms with Gasteiger partial charge in [-0.1, -0.05) is 17.7 Å². The summed E-state index contributed by atoms with van der Waals surface area (Å²) in [5.41, 5.74) is 0.674. The average Bonchev–Trinajstić information content (AvgIpc) is 2.58. The molecule has 2 aromatic heterocycles. The Labute approximate surface area is 96.1 Å². The maximum absolute atomic E-state index is 11.4. The highest BCUT2D eigenvalue weighted by molar-refractivity contribution is 6.30. The van der Waals surface area contributed by atoms with Crippen molar-refractivity contribution in [3.63, 3.8) is 0 Å². The third-order valence-electron chi connectivity index (χ3n) is 2.34. The Balaban J connectivity index is 2.92. The molecule has 0 aliphatic rings. The van der Waals surface area contributed by atoms with Gasteiger partial charge in [-0.15, -0.1) is 0 Å². The molecule has 0 bridgehead atoms. The van der Waals surface area contributed by atoms with E-state index in [9.17, 15) is 9.59 Å². The third kappa shape index (κ3) is 1.47. The van der Waals surface area contributed by atoms with Crippen LogP contribution in [0.1, 0.15) is 27.6 Å². The van der Waals surface area contributed by atoms with E-state index in [0.29, 0.717) is 10.7 Å². The lowest BCUT2D eigenvalue weighted by Gasteiger charge is -1.98. The van der Waals surface area contributed by atoms with Crippen LogP contribution >= 0.6 is 11.6 Å². The molecule has 5 heteroatoms. The average molecular weight is 238 g/mol. The minimum absolute atomic E-state index is 0.0272. The molecule has 0 spiro atoms.